The molecule has 1 aliphatic carbocycles. The van der Waals surface area contributed by atoms with E-state index < -0.39 is 0 Å². The van der Waals surface area contributed by atoms with Crippen LogP contribution in [0.5, 0.6) is 0 Å². The first-order valence-corrected chi connectivity index (χ1v) is 7.76. The van der Waals surface area contributed by atoms with E-state index in [0.29, 0.717) is 23.5 Å². The van der Waals surface area contributed by atoms with Crippen molar-refractivity contribution in [2.75, 3.05) is 12.9 Å². The van der Waals surface area contributed by atoms with Gasteiger partial charge in [-0.3, -0.25) is 9.36 Å². The van der Waals surface area contributed by atoms with Crippen LogP contribution < -0.4 is 11.0 Å². The Bertz CT molecular complexity index is 509. The lowest BCUT2D eigenvalue weighted by molar-refractivity contribution is -0.142. The summed E-state index contributed by atoms with van der Waals surface area (Å²) >= 11 is 1.39. The van der Waals surface area contributed by atoms with Crippen LogP contribution >= 0.6 is 11.8 Å². The van der Waals surface area contributed by atoms with Crippen LogP contribution in [-0.2, 0) is 16.1 Å². The Morgan fingerprint density at radius 1 is 1.65 bits per heavy atom. The molecule has 1 saturated carbocycles. The molecule has 0 spiro atoms. The number of esters is 1. The van der Waals surface area contributed by atoms with Crippen LogP contribution in [0.25, 0.3) is 0 Å². The molecule has 2 N–H and O–H groups in total. The molecule has 1 heterocycles. The second kappa shape index (κ2) is 6.94. The van der Waals surface area contributed by atoms with E-state index in [0.717, 1.165) is 19.3 Å². The second-order valence-corrected chi connectivity index (χ2v) is 5.78. The van der Waals surface area contributed by atoms with Crippen molar-refractivity contribution in [3.05, 3.63) is 10.5 Å². The fourth-order valence-corrected chi connectivity index (χ4v) is 2.84. The van der Waals surface area contributed by atoms with Crippen LogP contribution in [-0.4, -0.2) is 45.7 Å². The van der Waals surface area contributed by atoms with Gasteiger partial charge in [0.25, 0.3) is 0 Å². The standard InChI is InChI=1S/C12H20N4O3S/c1-3-6-16-11(18)14-15-12(16)20-7-9(10(17)19-2)13-8-4-5-8/h8-9,13H,3-7H2,1-2H3,(H,14,18). The highest BCUT2D eigenvalue weighted by molar-refractivity contribution is 7.99. The summed E-state index contributed by atoms with van der Waals surface area (Å²) in [6.07, 6.45) is 3.05. The molecule has 7 nitrogen and oxygen atoms in total. The number of thioether (sulfide) groups is 1. The van der Waals surface area contributed by atoms with Crippen molar-refractivity contribution in [3.63, 3.8) is 0 Å². The summed E-state index contributed by atoms with van der Waals surface area (Å²) in [4.78, 5) is 23.3. The fourth-order valence-electron chi connectivity index (χ4n) is 1.85. The Morgan fingerprint density at radius 2 is 2.40 bits per heavy atom. The average molecular weight is 300 g/mol. The van der Waals surface area contributed by atoms with Gasteiger partial charge in [-0.25, -0.2) is 9.89 Å². The van der Waals surface area contributed by atoms with Crippen molar-refractivity contribution in [2.45, 2.75) is 50.0 Å². The van der Waals surface area contributed by atoms with Crippen LogP contribution in [0.1, 0.15) is 26.2 Å². The number of carbonyl (C=O) groups excluding carboxylic acids is 1. The van der Waals surface area contributed by atoms with Crippen LogP contribution in [0.4, 0.5) is 0 Å². The summed E-state index contributed by atoms with van der Waals surface area (Å²) in [5, 5.41) is 10.3. The minimum atomic E-state index is -0.362. The molecule has 1 unspecified atom stereocenters. The van der Waals surface area contributed by atoms with Crippen LogP contribution in [0.3, 0.4) is 0 Å². The lowest BCUT2D eigenvalue weighted by Crippen LogP contribution is -2.41. The van der Waals surface area contributed by atoms with Gasteiger partial charge in [-0.05, 0) is 19.3 Å². The Labute approximate surface area is 121 Å². The zero-order valence-electron chi connectivity index (χ0n) is 11.7. The summed E-state index contributed by atoms with van der Waals surface area (Å²) in [6, 6.07) is 0.0519. The topological polar surface area (TPSA) is 89.0 Å². The zero-order chi connectivity index (χ0) is 14.5. The minimum absolute atomic E-state index is 0.209. The van der Waals surface area contributed by atoms with Crippen molar-refractivity contribution < 1.29 is 9.53 Å². The lowest BCUT2D eigenvalue weighted by Gasteiger charge is -2.15. The minimum Gasteiger partial charge on any atom is -0.468 e. The average Bonchev–Trinajstić information content (AvgIpc) is 3.20. The van der Waals surface area contributed by atoms with Gasteiger partial charge in [0.1, 0.15) is 6.04 Å². The summed E-state index contributed by atoms with van der Waals surface area (Å²) in [7, 11) is 1.39. The molecule has 2 rings (SSSR count). The van der Waals surface area contributed by atoms with Crippen molar-refractivity contribution in [3.8, 4) is 0 Å². The number of carbonyl (C=O) groups is 1. The molecule has 0 aromatic carbocycles. The van der Waals surface area contributed by atoms with E-state index in [1.807, 2.05) is 6.92 Å². The third-order valence-corrected chi connectivity index (χ3v) is 4.12. The predicted octanol–water partition coefficient (Wildman–Crippen LogP) is 0.367. The van der Waals surface area contributed by atoms with E-state index in [-0.39, 0.29) is 17.7 Å². The lowest BCUT2D eigenvalue weighted by atomic mass is 10.3. The van der Waals surface area contributed by atoms with Gasteiger partial charge in [0, 0.05) is 18.3 Å². The van der Waals surface area contributed by atoms with Gasteiger partial charge in [-0.2, -0.15) is 0 Å². The second-order valence-electron chi connectivity index (χ2n) is 4.79. The van der Waals surface area contributed by atoms with Gasteiger partial charge in [0.05, 0.1) is 7.11 Å². The van der Waals surface area contributed by atoms with Crippen LogP contribution in [0.15, 0.2) is 9.95 Å². The molecule has 1 aliphatic rings. The van der Waals surface area contributed by atoms with Crippen molar-refractivity contribution in [1.29, 1.82) is 0 Å². The first-order chi connectivity index (χ1) is 9.65. The third-order valence-electron chi connectivity index (χ3n) is 3.05. The quantitative estimate of drug-likeness (QED) is 0.532. The van der Waals surface area contributed by atoms with Crippen molar-refractivity contribution in [1.82, 2.24) is 20.1 Å². The summed E-state index contributed by atoms with van der Waals surface area (Å²) in [6.45, 7) is 2.62. The van der Waals surface area contributed by atoms with E-state index in [1.165, 1.54) is 18.9 Å². The molecule has 112 valence electrons. The Kier molecular flexibility index (Phi) is 5.24. The Hall–Kier alpha value is -1.28. The molecule has 0 radical (unpaired) electrons. The highest BCUT2D eigenvalue weighted by Crippen LogP contribution is 2.22. The van der Waals surface area contributed by atoms with E-state index >= 15 is 0 Å². The number of methoxy groups -OCH3 is 1. The number of rotatable bonds is 8. The molecular formula is C12H20N4O3S. The first kappa shape index (κ1) is 15.1. The number of ether oxygens (including phenoxy) is 1. The highest BCUT2D eigenvalue weighted by Gasteiger charge is 2.29. The van der Waals surface area contributed by atoms with Crippen LogP contribution in [0, 0.1) is 0 Å². The summed E-state index contributed by atoms with van der Waals surface area (Å²) in [5.41, 5.74) is -0.209. The number of hydrogen-bond donors (Lipinski definition) is 2. The number of nitrogens with zero attached hydrogens (tertiary/aromatic N) is 2. The number of hydrogen-bond acceptors (Lipinski definition) is 6. The number of H-pyrrole nitrogens is 1. The van der Waals surface area contributed by atoms with Gasteiger partial charge in [0.15, 0.2) is 5.16 Å². The van der Waals surface area contributed by atoms with Crippen LogP contribution in [0.2, 0.25) is 0 Å². The number of nitrogens with one attached hydrogen (secondary N) is 2. The smallest absolute Gasteiger partial charge is 0.343 e. The molecule has 0 aliphatic heterocycles. The van der Waals surface area contributed by atoms with E-state index in [4.69, 9.17) is 4.74 Å². The van der Waals surface area contributed by atoms with Crippen molar-refractivity contribution in [2.24, 2.45) is 0 Å². The molecule has 1 atom stereocenters. The monoisotopic (exact) mass is 300 g/mol. The van der Waals surface area contributed by atoms with E-state index in [1.54, 1.807) is 4.57 Å². The van der Waals surface area contributed by atoms with E-state index in [9.17, 15) is 9.59 Å². The Balaban J connectivity index is 1.97. The third kappa shape index (κ3) is 3.86. The van der Waals surface area contributed by atoms with E-state index in [2.05, 4.69) is 15.5 Å². The van der Waals surface area contributed by atoms with Gasteiger partial charge in [-0.1, -0.05) is 18.7 Å². The molecule has 0 saturated heterocycles. The first-order valence-electron chi connectivity index (χ1n) is 6.77. The molecule has 1 fully saturated rings. The maximum Gasteiger partial charge on any atom is 0.343 e. The largest absolute Gasteiger partial charge is 0.468 e. The highest BCUT2D eigenvalue weighted by atomic mass is 32.2. The fraction of sp³-hybridized carbons (Fsp3) is 0.750. The van der Waals surface area contributed by atoms with Gasteiger partial charge >= 0.3 is 11.7 Å². The normalized spacial score (nSPS) is 16.1. The molecule has 1 aromatic rings. The van der Waals surface area contributed by atoms with Gasteiger partial charge < -0.3 is 10.1 Å². The molecule has 8 heteroatoms. The molecule has 0 bridgehead atoms. The summed E-state index contributed by atoms with van der Waals surface area (Å²) < 4.78 is 6.39. The zero-order valence-corrected chi connectivity index (χ0v) is 12.5. The molecular weight excluding hydrogens is 280 g/mol. The SMILES string of the molecule is CCCn1c(SCC(NC2CC2)C(=O)OC)n[nH]c1=O. The maximum atomic E-state index is 11.7. The van der Waals surface area contributed by atoms with Crippen molar-refractivity contribution >= 4 is 17.7 Å². The maximum absolute atomic E-state index is 11.7. The summed E-state index contributed by atoms with van der Waals surface area (Å²) in [5.74, 6) is 0.223. The van der Waals surface area contributed by atoms with Gasteiger partial charge in [-0.15, -0.1) is 5.10 Å². The molecule has 1 aromatic heterocycles. The number of aromatic amines is 1. The predicted molar refractivity (Wildman–Crippen MR) is 75.8 cm³/mol. The molecule has 20 heavy (non-hydrogen) atoms. The molecule has 0 amide bonds. The Morgan fingerprint density at radius 3 is 3.00 bits per heavy atom. The van der Waals surface area contributed by atoms with Gasteiger partial charge in [0.2, 0.25) is 0 Å². The number of aromatic nitrogens is 3.